The van der Waals surface area contributed by atoms with Crippen LogP contribution >= 0.6 is 0 Å². The molecule has 118 valence electrons. The van der Waals surface area contributed by atoms with Crippen LogP contribution in [0.3, 0.4) is 0 Å². The summed E-state index contributed by atoms with van der Waals surface area (Å²) in [5.41, 5.74) is 2.30. The fourth-order valence-corrected chi connectivity index (χ4v) is 4.82. The van der Waals surface area contributed by atoms with E-state index in [1.54, 1.807) is 0 Å². The summed E-state index contributed by atoms with van der Waals surface area (Å²) >= 11 is 0. The number of nitrogens with one attached hydrogen (secondary N) is 1. The van der Waals surface area contributed by atoms with E-state index in [1.165, 1.54) is 24.8 Å². The van der Waals surface area contributed by atoms with Crippen molar-refractivity contribution < 1.29 is 8.42 Å². The maximum Gasteiger partial charge on any atom is 0.212 e. The molecule has 2 rings (SSSR count). The van der Waals surface area contributed by atoms with E-state index < -0.39 is 10.0 Å². The molecule has 0 aromatic heterocycles. The number of rotatable bonds is 6. The largest absolute Gasteiger partial charge is 0.212 e. The van der Waals surface area contributed by atoms with Crippen LogP contribution in [0.4, 0.5) is 0 Å². The summed E-state index contributed by atoms with van der Waals surface area (Å²) in [5, 5.41) is 0. The normalized spacial score (nSPS) is 18.6. The molecule has 0 bridgehead atoms. The molecule has 1 N–H and O–H groups in total. The molecular weight excluding hydrogens is 282 g/mol. The van der Waals surface area contributed by atoms with Crippen molar-refractivity contribution in [3.63, 3.8) is 0 Å². The molecule has 1 aliphatic carbocycles. The van der Waals surface area contributed by atoms with Crippen molar-refractivity contribution in [3.8, 4) is 0 Å². The average molecular weight is 309 g/mol. The topological polar surface area (TPSA) is 46.2 Å². The minimum atomic E-state index is -3.19. The van der Waals surface area contributed by atoms with Crippen molar-refractivity contribution in [3.05, 3.63) is 35.4 Å². The van der Waals surface area contributed by atoms with Crippen molar-refractivity contribution in [2.45, 2.75) is 58.4 Å². The van der Waals surface area contributed by atoms with Crippen LogP contribution < -0.4 is 4.72 Å². The van der Waals surface area contributed by atoms with Crippen LogP contribution in [0.2, 0.25) is 0 Å². The fraction of sp³-hybridized carbons (Fsp3) is 0.647. The Balaban J connectivity index is 1.94. The molecule has 1 aromatic carbocycles. The van der Waals surface area contributed by atoms with E-state index >= 15 is 0 Å². The highest BCUT2D eigenvalue weighted by molar-refractivity contribution is 7.89. The van der Waals surface area contributed by atoms with E-state index in [0.717, 1.165) is 24.8 Å². The van der Waals surface area contributed by atoms with Crippen molar-refractivity contribution >= 4 is 10.0 Å². The van der Waals surface area contributed by atoms with Crippen LogP contribution in [0.1, 0.15) is 63.1 Å². The molecule has 0 unspecified atom stereocenters. The second-order valence-corrected chi connectivity index (χ2v) is 8.02. The standard InChI is InChI=1S/C17H27NO2S/c1-3-15-9-11-17(12-10-15)14(2)18-21(19,20)13-16-7-5-4-6-8-16/h9-12,14,16,18H,3-8,13H2,1-2H3/t14-/m1/s1. The first-order valence-corrected chi connectivity index (χ1v) is 9.74. The highest BCUT2D eigenvalue weighted by Gasteiger charge is 2.23. The maximum absolute atomic E-state index is 12.3. The summed E-state index contributed by atoms with van der Waals surface area (Å²) < 4.78 is 27.4. The lowest BCUT2D eigenvalue weighted by atomic mass is 9.91. The van der Waals surface area contributed by atoms with Crippen LogP contribution in [-0.4, -0.2) is 14.2 Å². The first-order chi connectivity index (χ1) is 10.00. The molecule has 1 aliphatic rings. The lowest BCUT2D eigenvalue weighted by Crippen LogP contribution is -2.32. The molecule has 0 amide bonds. The van der Waals surface area contributed by atoms with Gasteiger partial charge in [0.2, 0.25) is 10.0 Å². The predicted octanol–water partition coefficient (Wildman–Crippen LogP) is 3.81. The minimum Gasteiger partial charge on any atom is -0.212 e. The Hall–Kier alpha value is -0.870. The third-order valence-corrected chi connectivity index (χ3v) is 6.05. The van der Waals surface area contributed by atoms with Gasteiger partial charge in [-0.3, -0.25) is 0 Å². The molecule has 1 fully saturated rings. The van der Waals surface area contributed by atoms with Crippen LogP contribution in [0.15, 0.2) is 24.3 Å². The van der Waals surface area contributed by atoms with Gasteiger partial charge >= 0.3 is 0 Å². The average Bonchev–Trinajstić information content (AvgIpc) is 2.47. The number of benzene rings is 1. The maximum atomic E-state index is 12.3. The molecule has 0 saturated heterocycles. The first kappa shape index (κ1) is 16.5. The van der Waals surface area contributed by atoms with Gasteiger partial charge < -0.3 is 0 Å². The van der Waals surface area contributed by atoms with Crippen molar-refractivity contribution in [2.75, 3.05) is 5.75 Å². The van der Waals surface area contributed by atoms with Gasteiger partial charge in [-0.25, -0.2) is 13.1 Å². The molecule has 21 heavy (non-hydrogen) atoms. The predicted molar refractivity (Wildman–Crippen MR) is 87.7 cm³/mol. The number of hydrogen-bond acceptors (Lipinski definition) is 2. The van der Waals surface area contributed by atoms with E-state index in [9.17, 15) is 8.42 Å². The molecule has 1 aromatic rings. The Morgan fingerprint density at radius 1 is 1.14 bits per heavy atom. The molecule has 1 atom stereocenters. The zero-order valence-electron chi connectivity index (χ0n) is 13.1. The molecule has 0 heterocycles. The highest BCUT2D eigenvalue weighted by Crippen LogP contribution is 2.25. The Bertz CT molecular complexity index is 530. The quantitative estimate of drug-likeness (QED) is 0.868. The Morgan fingerprint density at radius 2 is 1.76 bits per heavy atom. The van der Waals surface area contributed by atoms with Gasteiger partial charge in [-0.15, -0.1) is 0 Å². The smallest absolute Gasteiger partial charge is 0.212 e. The molecule has 3 nitrogen and oxygen atoms in total. The molecule has 1 saturated carbocycles. The second kappa shape index (κ2) is 7.41. The second-order valence-electron chi connectivity index (χ2n) is 6.22. The van der Waals surface area contributed by atoms with Crippen LogP contribution in [0.25, 0.3) is 0 Å². The lowest BCUT2D eigenvalue weighted by molar-refractivity contribution is 0.383. The number of aryl methyl sites for hydroxylation is 1. The van der Waals surface area contributed by atoms with Gasteiger partial charge in [0.05, 0.1) is 5.75 Å². The summed E-state index contributed by atoms with van der Waals surface area (Å²) in [6.45, 7) is 4.03. The molecule has 0 aliphatic heterocycles. The molecule has 0 spiro atoms. The van der Waals surface area contributed by atoms with Crippen molar-refractivity contribution in [1.29, 1.82) is 0 Å². The van der Waals surface area contributed by atoms with E-state index in [-0.39, 0.29) is 11.8 Å². The number of sulfonamides is 1. The van der Waals surface area contributed by atoms with Crippen LogP contribution in [0, 0.1) is 5.92 Å². The van der Waals surface area contributed by atoms with Gasteiger partial charge in [0.1, 0.15) is 0 Å². The van der Waals surface area contributed by atoms with Gasteiger partial charge in [0, 0.05) is 6.04 Å². The summed E-state index contributed by atoms with van der Waals surface area (Å²) in [5.74, 6) is 0.621. The Kier molecular flexibility index (Phi) is 5.82. The zero-order valence-corrected chi connectivity index (χ0v) is 14.0. The molecular formula is C17H27NO2S. The first-order valence-electron chi connectivity index (χ1n) is 8.09. The van der Waals surface area contributed by atoms with E-state index in [0.29, 0.717) is 5.92 Å². The van der Waals surface area contributed by atoms with Crippen LogP contribution in [0.5, 0.6) is 0 Å². The fourth-order valence-electron chi connectivity index (χ4n) is 3.09. The monoisotopic (exact) mass is 309 g/mol. The molecule has 4 heteroatoms. The minimum absolute atomic E-state index is 0.163. The highest BCUT2D eigenvalue weighted by atomic mass is 32.2. The van der Waals surface area contributed by atoms with Gasteiger partial charge in [-0.1, -0.05) is 50.5 Å². The summed E-state index contributed by atoms with van der Waals surface area (Å²) in [6, 6.07) is 8.02. The molecule has 0 radical (unpaired) electrons. The Labute approximate surface area is 129 Å². The van der Waals surface area contributed by atoms with E-state index in [2.05, 4.69) is 23.8 Å². The third-order valence-electron chi connectivity index (χ3n) is 4.42. The van der Waals surface area contributed by atoms with E-state index in [1.807, 2.05) is 19.1 Å². The van der Waals surface area contributed by atoms with E-state index in [4.69, 9.17) is 0 Å². The van der Waals surface area contributed by atoms with Gasteiger partial charge in [0.25, 0.3) is 0 Å². The summed E-state index contributed by atoms with van der Waals surface area (Å²) in [6.07, 6.45) is 6.72. The van der Waals surface area contributed by atoms with Gasteiger partial charge in [-0.2, -0.15) is 0 Å². The number of hydrogen-bond donors (Lipinski definition) is 1. The summed E-state index contributed by atoms with van der Waals surface area (Å²) in [7, 11) is -3.19. The zero-order chi connectivity index (χ0) is 15.3. The van der Waals surface area contributed by atoms with Crippen molar-refractivity contribution in [1.82, 2.24) is 4.72 Å². The SMILES string of the molecule is CCc1ccc([C@@H](C)NS(=O)(=O)CC2CCCCC2)cc1. The third kappa shape index (κ3) is 5.11. The van der Waals surface area contributed by atoms with Crippen LogP contribution in [-0.2, 0) is 16.4 Å². The lowest BCUT2D eigenvalue weighted by Gasteiger charge is -2.23. The summed E-state index contributed by atoms with van der Waals surface area (Å²) in [4.78, 5) is 0. The van der Waals surface area contributed by atoms with Crippen molar-refractivity contribution in [2.24, 2.45) is 5.92 Å². The Morgan fingerprint density at radius 3 is 2.33 bits per heavy atom. The van der Waals surface area contributed by atoms with Gasteiger partial charge in [-0.05, 0) is 43.2 Å². The van der Waals surface area contributed by atoms with Gasteiger partial charge in [0.15, 0.2) is 0 Å².